The maximum absolute atomic E-state index is 9.31. The predicted octanol–water partition coefficient (Wildman–Crippen LogP) is 3.87. The van der Waals surface area contributed by atoms with Gasteiger partial charge in [-0.2, -0.15) is 0 Å². The third kappa shape index (κ3) is 2.60. The van der Waals surface area contributed by atoms with E-state index in [0.717, 1.165) is 5.30 Å². The molecule has 0 heterocycles. The van der Waals surface area contributed by atoms with E-state index in [1.54, 1.807) is 0 Å². The Labute approximate surface area is 114 Å². The summed E-state index contributed by atoms with van der Waals surface area (Å²) in [5, 5.41) is 10.5. The van der Waals surface area contributed by atoms with Crippen LogP contribution in [0, 0.1) is 0 Å². The van der Waals surface area contributed by atoms with Crippen molar-refractivity contribution in [2.24, 2.45) is 0 Å². The van der Waals surface area contributed by atoms with Crippen LogP contribution < -0.4 is 5.30 Å². The number of benzene rings is 1. The first-order valence-corrected chi connectivity index (χ1v) is 7.89. The average Bonchev–Trinajstić information content (AvgIpc) is 2.38. The molecule has 0 radical (unpaired) electrons. The van der Waals surface area contributed by atoms with Gasteiger partial charge in [0.25, 0.3) is 0 Å². The summed E-state index contributed by atoms with van der Waals surface area (Å²) >= 11 is 0. The molecule has 17 heavy (non-hydrogen) atoms. The maximum atomic E-state index is 9.31. The second kappa shape index (κ2) is 6.30. The van der Waals surface area contributed by atoms with Crippen LogP contribution >= 0.6 is 23.6 Å². The Morgan fingerprint density at radius 2 is 1.47 bits per heavy atom. The van der Waals surface area contributed by atoms with E-state index in [4.69, 9.17) is 0 Å². The van der Waals surface area contributed by atoms with Crippen molar-refractivity contribution in [3.63, 3.8) is 0 Å². The number of halogens is 1. The SMILES string of the molecule is Br.C=CP(C=C)(C=C)(CCO)c1ccccc1. The van der Waals surface area contributed by atoms with Crippen LogP contribution in [0.25, 0.3) is 0 Å². The average molecular weight is 315 g/mol. The Hall–Kier alpha value is -0.690. The van der Waals surface area contributed by atoms with E-state index in [1.807, 2.05) is 35.7 Å². The van der Waals surface area contributed by atoms with Gasteiger partial charge in [-0.25, -0.2) is 0 Å². The Bertz CT molecular complexity index is 375. The molecule has 0 aliphatic carbocycles. The summed E-state index contributed by atoms with van der Waals surface area (Å²) in [6.45, 7) is 9.37. The molecular weight excluding hydrogens is 295 g/mol. The van der Waals surface area contributed by atoms with Crippen molar-refractivity contribution < 1.29 is 5.11 Å². The molecule has 0 atom stereocenters. The van der Waals surface area contributed by atoms with Gasteiger partial charge in [0.15, 0.2) is 0 Å². The van der Waals surface area contributed by atoms with E-state index in [9.17, 15) is 5.11 Å². The monoisotopic (exact) mass is 314 g/mol. The molecule has 0 aliphatic rings. The van der Waals surface area contributed by atoms with Gasteiger partial charge in [0, 0.05) is 0 Å². The zero-order valence-electron chi connectivity index (χ0n) is 9.96. The molecule has 0 bridgehead atoms. The third-order valence-corrected chi connectivity index (χ3v) is 8.62. The van der Waals surface area contributed by atoms with Gasteiger partial charge in [0.1, 0.15) is 0 Å². The molecule has 1 nitrogen and oxygen atoms in total. The molecule has 0 spiro atoms. The van der Waals surface area contributed by atoms with Crippen LogP contribution in [0.3, 0.4) is 0 Å². The van der Waals surface area contributed by atoms with E-state index in [2.05, 4.69) is 31.9 Å². The standard InChI is InChI=1S/C14H19OP.BrH/c1-4-16(5-2,6-3,13-12-15)14-10-8-7-9-11-14;/h4-11,15H,1-3,12-13H2;1H. The van der Waals surface area contributed by atoms with Gasteiger partial charge in [0.2, 0.25) is 0 Å². The van der Waals surface area contributed by atoms with Crippen molar-refractivity contribution in [1.29, 1.82) is 0 Å². The molecule has 0 saturated carbocycles. The first-order valence-electron chi connectivity index (χ1n) is 5.27. The van der Waals surface area contributed by atoms with Crippen molar-refractivity contribution >= 4 is 28.9 Å². The first kappa shape index (κ1) is 16.3. The number of aliphatic hydroxyl groups excluding tert-OH is 1. The summed E-state index contributed by atoms with van der Waals surface area (Å²) in [6, 6.07) is 10.1. The number of hydrogen-bond donors (Lipinski definition) is 1. The van der Waals surface area contributed by atoms with Crippen LogP contribution in [0.1, 0.15) is 0 Å². The molecule has 1 N–H and O–H groups in total. The third-order valence-electron chi connectivity index (χ3n) is 3.28. The van der Waals surface area contributed by atoms with Gasteiger partial charge < -0.3 is 0 Å². The molecule has 1 aromatic rings. The van der Waals surface area contributed by atoms with Crippen LogP contribution in [0.4, 0.5) is 0 Å². The molecule has 0 unspecified atom stereocenters. The van der Waals surface area contributed by atoms with Crippen LogP contribution in [0.15, 0.2) is 67.5 Å². The van der Waals surface area contributed by atoms with Crippen molar-refractivity contribution in [3.8, 4) is 0 Å². The molecule has 94 valence electrons. The van der Waals surface area contributed by atoms with E-state index in [-0.39, 0.29) is 23.6 Å². The summed E-state index contributed by atoms with van der Waals surface area (Å²) in [5.41, 5.74) is 0. The molecule has 0 fully saturated rings. The zero-order valence-corrected chi connectivity index (χ0v) is 12.6. The van der Waals surface area contributed by atoms with Crippen molar-refractivity contribution in [3.05, 3.63) is 67.5 Å². The van der Waals surface area contributed by atoms with E-state index in [1.165, 1.54) is 0 Å². The van der Waals surface area contributed by atoms with E-state index < -0.39 is 6.60 Å². The fraction of sp³-hybridized carbons (Fsp3) is 0.143. The van der Waals surface area contributed by atoms with Gasteiger partial charge in [-0.1, -0.05) is 0 Å². The molecule has 0 amide bonds. The van der Waals surface area contributed by atoms with Crippen LogP contribution in [-0.2, 0) is 0 Å². The van der Waals surface area contributed by atoms with E-state index in [0.29, 0.717) is 6.16 Å². The summed E-state index contributed by atoms with van der Waals surface area (Å²) in [7, 11) is 0. The van der Waals surface area contributed by atoms with Crippen molar-refractivity contribution in [2.45, 2.75) is 0 Å². The van der Waals surface area contributed by atoms with Gasteiger partial charge in [-0.3, -0.25) is 0 Å². The van der Waals surface area contributed by atoms with Gasteiger partial charge in [0.05, 0.1) is 0 Å². The summed E-state index contributed by atoms with van der Waals surface area (Å²) in [6.07, 6.45) is 0.631. The summed E-state index contributed by atoms with van der Waals surface area (Å²) in [5.74, 6) is 5.78. The fourth-order valence-corrected chi connectivity index (χ4v) is 5.19. The number of aliphatic hydroxyl groups is 1. The first-order chi connectivity index (χ1) is 7.67. The second-order valence-electron chi connectivity index (χ2n) is 3.87. The summed E-state index contributed by atoms with van der Waals surface area (Å²) < 4.78 is 0. The minimum absolute atomic E-state index is 0. The molecule has 3 heteroatoms. The quantitative estimate of drug-likeness (QED) is 0.790. The van der Waals surface area contributed by atoms with Gasteiger partial charge in [-0.15, -0.1) is 17.0 Å². The second-order valence-corrected chi connectivity index (χ2v) is 9.01. The summed E-state index contributed by atoms with van der Waals surface area (Å²) in [4.78, 5) is 0. The Morgan fingerprint density at radius 1 is 1.00 bits per heavy atom. The predicted molar refractivity (Wildman–Crippen MR) is 85.9 cm³/mol. The molecule has 0 aromatic heterocycles. The van der Waals surface area contributed by atoms with Crippen molar-refractivity contribution in [1.82, 2.24) is 0 Å². The van der Waals surface area contributed by atoms with Crippen LogP contribution in [-0.4, -0.2) is 17.9 Å². The Kier molecular flexibility index (Phi) is 6.04. The Balaban J connectivity index is 0.00000256. The minimum atomic E-state index is -2.58. The molecular formula is C14H20BrOP. The molecule has 1 rings (SSSR count). The normalized spacial score (nSPS) is 12.6. The zero-order chi connectivity index (χ0) is 12.1. The van der Waals surface area contributed by atoms with Gasteiger partial charge in [-0.05, 0) is 0 Å². The number of hydrogen-bond acceptors (Lipinski definition) is 1. The van der Waals surface area contributed by atoms with E-state index >= 15 is 0 Å². The van der Waals surface area contributed by atoms with Crippen LogP contribution in [0.2, 0.25) is 0 Å². The Morgan fingerprint density at radius 3 is 1.82 bits per heavy atom. The van der Waals surface area contributed by atoms with Crippen LogP contribution in [0.5, 0.6) is 0 Å². The van der Waals surface area contributed by atoms with Crippen molar-refractivity contribution in [2.75, 3.05) is 12.8 Å². The molecule has 1 aromatic carbocycles. The topological polar surface area (TPSA) is 20.2 Å². The number of rotatable bonds is 6. The molecule has 0 saturated heterocycles. The van der Waals surface area contributed by atoms with Gasteiger partial charge >= 0.3 is 97.3 Å². The fourth-order valence-electron chi connectivity index (χ4n) is 1.96. The molecule has 0 aliphatic heterocycles.